The second kappa shape index (κ2) is 7.39. The van der Waals surface area contributed by atoms with E-state index in [0.29, 0.717) is 13.1 Å². The number of aryl methyl sites for hydroxylation is 2. The van der Waals surface area contributed by atoms with Gasteiger partial charge >= 0.3 is 0 Å². The van der Waals surface area contributed by atoms with E-state index in [4.69, 9.17) is 0 Å². The molecular weight excluding hydrogens is 321 g/mol. The molecule has 0 saturated carbocycles. The third-order valence-corrected chi connectivity index (χ3v) is 5.66. The summed E-state index contributed by atoms with van der Waals surface area (Å²) in [5, 5.41) is 0.114. The highest BCUT2D eigenvalue weighted by atomic mass is 32.2. The highest BCUT2D eigenvalue weighted by Gasteiger charge is 2.24. The molecule has 0 aliphatic carbocycles. The van der Waals surface area contributed by atoms with E-state index in [0.717, 1.165) is 34.4 Å². The molecule has 2 aromatic rings. The first kappa shape index (κ1) is 17.0. The predicted molar refractivity (Wildman–Crippen MR) is 98.0 cm³/mol. The first-order chi connectivity index (χ1) is 11.5. The molecule has 1 heterocycles. The number of benzene rings is 2. The molecule has 0 radical (unpaired) electrons. The Morgan fingerprint density at radius 3 is 2.54 bits per heavy atom. The summed E-state index contributed by atoms with van der Waals surface area (Å²) in [5.74, 6) is 0.760. The van der Waals surface area contributed by atoms with E-state index in [-0.39, 0.29) is 17.0 Å². The summed E-state index contributed by atoms with van der Waals surface area (Å²) in [4.78, 5) is 14.7. The fraction of sp³-hybridized carbons (Fsp3) is 0.350. The second-order valence-corrected chi connectivity index (χ2v) is 7.65. The number of nitrogens with zero attached hydrogens (tertiary/aromatic N) is 1. The van der Waals surface area contributed by atoms with Crippen LogP contribution in [0.15, 0.2) is 42.5 Å². The van der Waals surface area contributed by atoms with Gasteiger partial charge in [0.15, 0.2) is 0 Å². The molecule has 126 valence electrons. The van der Waals surface area contributed by atoms with Crippen molar-refractivity contribution in [2.45, 2.75) is 25.5 Å². The summed E-state index contributed by atoms with van der Waals surface area (Å²) in [7, 11) is 0. The van der Waals surface area contributed by atoms with Crippen molar-refractivity contribution in [1.82, 2.24) is 4.90 Å². The Balaban J connectivity index is 1.73. The van der Waals surface area contributed by atoms with Gasteiger partial charge in [-0.15, -0.1) is 0 Å². The molecule has 1 aliphatic heterocycles. The Bertz CT molecular complexity index is 726. The first-order valence-corrected chi connectivity index (χ1v) is 9.33. The van der Waals surface area contributed by atoms with Gasteiger partial charge in [-0.05, 0) is 38.5 Å². The number of thioether (sulfide) groups is 1. The van der Waals surface area contributed by atoms with Crippen molar-refractivity contribution in [3.05, 3.63) is 70.5 Å². The second-order valence-electron chi connectivity index (χ2n) is 6.34. The molecule has 1 aliphatic rings. The number of carbonyl (C=O) groups is 1. The summed E-state index contributed by atoms with van der Waals surface area (Å²) in [5.41, 5.74) is 3.71. The van der Waals surface area contributed by atoms with Gasteiger partial charge in [0.2, 0.25) is 0 Å². The molecule has 2 nitrogen and oxygen atoms in total. The molecule has 0 aromatic heterocycles. The van der Waals surface area contributed by atoms with Crippen molar-refractivity contribution < 1.29 is 9.18 Å². The van der Waals surface area contributed by atoms with Crippen molar-refractivity contribution in [3.8, 4) is 0 Å². The van der Waals surface area contributed by atoms with Crippen molar-refractivity contribution in [2.24, 2.45) is 0 Å². The quantitative estimate of drug-likeness (QED) is 0.783. The van der Waals surface area contributed by atoms with Crippen LogP contribution in [0.3, 0.4) is 0 Å². The summed E-state index contributed by atoms with van der Waals surface area (Å²) < 4.78 is 14.0. The molecule has 1 atom stereocenters. The molecule has 3 rings (SSSR count). The average Bonchev–Trinajstić information content (AvgIpc) is 2.79. The Kier molecular flexibility index (Phi) is 5.24. The molecule has 1 fully saturated rings. The zero-order valence-electron chi connectivity index (χ0n) is 14.1. The molecule has 0 N–H and O–H groups in total. The lowest BCUT2D eigenvalue weighted by atomic mass is 10.1. The number of rotatable bonds is 2. The van der Waals surface area contributed by atoms with Crippen molar-refractivity contribution in [2.75, 3.05) is 18.8 Å². The predicted octanol–water partition coefficient (Wildman–Crippen LogP) is 4.76. The highest BCUT2D eigenvalue weighted by Crippen LogP contribution is 2.35. The van der Waals surface area contributed by atoms with Crippen LogP contribution in [-0.2, 0) is 0 Å². The van der Waals surface area contributed by atoms with Gasteiger partial charge in [-0.1, -0.05) is 35.4 Å². The Morgan fingerprint density at radius 2 is 1.83 bits per heavy atom. The Morgan fingerprint density at radius 1 is 1.12 bits per heavy atom. The minimum Gasteiger partial charge on any atom is -0.338 e. The van der Waals surface area contributed by atoms with Gasteiger partial charge in [0.05, 0.1) is 0 Å². The maximum atomic E-state index is 14.0. The third kappa shape index (κ3) is 3.81. The summed E-state index contributed by atoms with van der Waals surface area (Å²) in [6, 6.07) is 12.9. The van der Waals surface area contributed by atoms with Gasteiger partial charge in [-0.3, -0.25) is 4.79 Å². The van der Waals surface area contributed by atoms with Gasteiger partial charge in [0.25, 0.3) is 5.91 Å². The van der Waals surface area contributed by atoms with Gasteiger partial charge < -0.3 is 4.90 Å². The zero-order chi connectivity index (χ0) is 17.1. The fourth-order valence-electron chi connectivity index (χ4n) is 3.24. The lowest BCUT2D eigenvalue weighted by Crippen LogP contribution is -2.33. The van der Waals surface area contributed by atoms with E-state index in [1.807, 2.05) is 43.0 Å². The maximum Gasteiger partial charge on any atom is 0.253 e. The summed E-state index contributed by atoms with van der Waals surface area (Å²) in [6.45, 7) is 5.39. The van der Waals surface area contributed by atoms with Gasteiger partial charge in [0, 0.05) is 35.2 Å². The average molecular weight is 343 g/mol. The van der Waals surface area contributed by atoms with Crippen LogP contribution in [0.25, 0.3) is 0 Å². The molecule has 1 unspecified atom stereocenters. The van der Waals surface area contributed by atoms with E-state index in [1.54, 1.807) is 17.8 Å². The molecule has 4 heteroatoms. The zero-order valence-corrected chi connectivity index (χ0v) is 14.9. The van der Waals surface area contributed by atoms with Crippen LogP contribution in [0.1, 0.15) is 38.7 Å². The minimum absolute atomic E-state index is 0.0802. The van der Waals surface area contributed by atoms with Crippen molar-refractivity contribution in [3.63, 3.8) is 0 Å². The SMILES string of the molecule is Cc1cc(C)cc(C(=O)N2CCSC(c3ccccc3F)CC2)c1. The van der Waals surface area contributed by atoms with Crippen molar-refractivity contribution in [1.29, 1.82) is 0 Å². The first-order valence-electron chi connectivity index (χ1n) is 8.28. The maximum absolute atomic E-state index is 14.0. The van der Waals surface area contributed by atoms with E-state index >= 15 is 0 Å². The van der Waals surface area contributed by atoms with Crippen LogP contribution >= 0.6 is 11.8 Å². The number of halogens is 1. The molecule has 2 aromatic carbocycles. The third-order valence-electron chi connectivity index (χ3n) is 4.35. The van der Waals surface area contributed by atoms with Crippen LogP contribution in [0.4, 0.5) is 4.39 Å². The smallest absolute Gasteiger partial charge is 0.253 e. The van der Waals surface area contributed by atoms with E-state index in [1.165, 1.54) is 6.07 Å². The Hall–Kier alpha value is -1.81. The fourth-order valence-corrected chi connectivity index (χ4v) is 4.49. The van der Waals surface area contributed by atoms with E-state index < -0.39 is 0 Å². The van der Waals surface area contributed by atoms with Crippen LogP contribution in [0.2, 0.25) is 0 Å². The molecule has 1 amide bonds. The molecule has 24 heavy (non-hydrogen) atoms. The van der Waals surface area contributed by atoms with Crippen LogP contribution in [-0.4, -0.2) is 29.6 Å². The number of amides is 1. The summed E-state index contributed by atoms with van der Waals surface area (Å²) in [6.07, 6.45) is 0.780. The lowest BCUT2D eigenvalue weighted by molar-refractivity contribution is 0.0766. The van der Waals surface area contributed by atoms with E-state index in [2.05, 4.69) is 6.07 Å². The van der Waals surface area contributed by atoms with Crippen LogP contribution in [0, 0.1) is 19.7 Å². The number of hydrogen-bond donors (Lipinski definition) is 0. The van der Waals surface area contributed by atoms with Gasteiger partial charge in [-0.2, -0.15) is 11.8 Å². The number of hydrogen-bond acceptors (Lipinski definition) is 2. The standard InChI is InChI=1S/C20H22FNOS/c1-14-11-15(2)13-16(12-14)20(23)22-8-7-19(24-10-9-22)17-5-3-4-6-18(17)21/h3-6,11-13,19H,7-10H2,1-2H3. The molecule has 1 saturated heterocycles. The molecule has 0 bridgehead atoms. The van der Waals surface area contributed by atoms with Gasteiger partial charge in [0.1, 0.15) is 5.82 Å². The molecule has 0 spiro atoms. The topological polar surface area (TPSA) is 20.3 Å². The van der Waals surface area contributed by atoms with E-state index in [9.17, 15) is 9.18 Å². The minimum atomic E-state index is -0.149. The largest absolute Gasteiger partial charge is 0.338 e. The number of carbonyl (C=O) groups excluding carboxylic acids is 1. The van der Waals surface area contributed by atoms with Crippen LogP contribution < -0.4 is 0 Å². The molecular formula is C20H22FNOS. The highest BCUT2D eigenvalue weighted by molar-refractivity contribution is 7.99. The normalized spacial score (nSPS) is 18.3. The van der Waals surface area contributed by atoms with Crippen molar-refractivity contribution >= 4 is 17.7 Å². The Labute approximate surface area is 147 Å². The monoisotopic (exact) mass is 343 g/mol. The van der Waals surface area contributed by atoms with Crippen LogP contribution in [0.5, 0.6) is 0 Å². The summed E-state index contributed by atoms with van der Waals surface area (Å²) >= 11 is 1.74. The van der Waals surface area contributed by atoms with Gasteiger partial charge in [-0.25, -0.2) is 4.39 Å². The lowest BCUT2D eigenvalue weighted by Gasteiger charge is -2.21.